The lowest BCUT2D eigenvalue weighted by atomic mass is 10.1. The van der Waals surface area contributed by atoms with Crippen LogP contribution in [0.3, 0.4) is 0 Å². The van der Waals surface area contributed by atoms with E-state index in [2.05, 4.69) is 16.4 Å². The van der Waals surface area contributed by atoms with Gasteiger partial charge in [-0.2, -0.15) is 5.26 Å². The molecule has 2 aromatic carbocycles. The molecule has 0 radical (unpaired) electrons. The summed E-state index contributed by atoms with van der Waals surface area (Å²) in [6.07, 6.45) is 2.00. The third-order valence-electron chi connectivity index (χ3n) is 3.78. The second-order valence-electron chi connectivity index (χ2n) is 5.69. The number of thiazole rings is 1. The van der Waals surface area contributed by atoms with Crippen molar-refractivity contribution in [1.82, 2.24) is 4.98 Å². The van der Waals surface area contributed by atoms with Gasteiger partial charge in [0.2, 0.25) is 5.91 Å². The van der Waals surface area contributed by atoms with E-state index in [4.69, 9.17) is 0 Å². The summed E-state index contributed by atoms with van der Waals surface area (Å²) in [5, 5.41) is 13.5. The van der Waals surface area contributed by atoms with Crippen molar-refractivity contribution in [1.29, 1.82) is 5.26 Å². The summed E-state index contributed by atoms with van der Waals surface area (Å²) >= 11 is 1.25. The van der Waals surface area contributed by atoms with Crippen LogP contribution in [-0.2, 0) is 4.79 Å². The summed E-state index contributed by atoms with van der Waals surface area (Å²) in [5.41, 5.74) is 2.52. The molecule has 0 aliphatic rings. The Kier molecular flexibility index (Phi) is 5.74. The second kappa shape index (κ2) is 8.39. The van der Waals surface area contributed by atoms with Crippen LogP contribution in [0, 0.1) is 17.1 Å². The molecule has 3 rings (SSSR count). The lowest BCUT2D eigenvalue weighted by molar-refractivity contribution is -0.115. The third-order valence-corrected chi connectivity index (χ3v) is 4.78. The lowest BCUT2D eigenvalue weighted by Gasteiger charge is -2.03. The molecule has 1 amide bonds. The summed E-state index contributed by atoms with van der Waals surface area (Å²) in [5.74, 6) is -0.459. The number of nitrogens with one attached hydrogen (secondary N) is 1. The van der Waals surface area contributed by atoms with Crippen LogP contribution in [-0.4, -0.2) is 10.9 Å². The molecule has 0 aliphatic heterocycles. The summed E-state index contributed by atoms with van der Waals surface area (Å²) in [4.78, 5) is 16.5. The number of nitrogens with zero attached hydrogens (tertiary/aromatic N) is 2. The van der Waals surface area contributed by atoms with Gasteiger partial charge in [0, 0.05) is 12.0 Å². The van der Waals surface area contributed by atoms with E-state index in [9.17, 15) is 14.4 Å². The quantitative estimate of drug-likeness (QED) is 0.609. The SMILES string of the molecule is CCC(=O)Nc1sc(C(C#N)=Cc2ccc(F)cc2)nc1-c1ccccc1. The summed E-state index contributed by atoms with van der Waals surface area (Å²) in [7, 11) is 0. The Morgan fingerprint density at radius 1 is 1.22 bits per heavy atom. The fourth-order valence-corrected chi connectivity index (χ4v) is 3.36. The zero-order valence-corrected chi connectivity index (χ0v) is 15.4. The number of nitriles is 1. The van der Waals surface area contributed by atoms with E-state index >= 15 is 0 Å². The van der Waals surface area contributed by atoms with Gasteiger partial charge in [-0.3, -0.25) is 4.79 Å². The topological polar surface area (TPSA) is 65.8 Å². The molecule has 6 heteroatoms. The number of amides is 1. The minimum Gasteiger partial charge on any atom is -0.316 e. The first kappa shape index (κ1) is 18.5. The molecule has 1 N–H and O–H groups in total. The minimum absolute atomic E-state index is 0.122. The van der Waals surface area contributed by atoms with Gasteiger partial charge in [-0.25, -0.2) is 9.37 Å². The van der Waals surface area contributed by atoms with E-state index in [1.54, 1.807) is 25.1 Å². The number of halogens is 1. The Balaban J connectivity index is 2.05. The predicted octanol–water partition coefficient (Wildman–Crippen LogP) is 5.36. The van der Waals surface area contributed by atoms with Crippen molar-refractivity contribution in [2.75, 3.05) is 5.32 Å². The Morgan fingerprint density at radius 2 is 1.93 bits per heavy atom. The number of benzene rings is 2. The van der Waals surface area contributed by atoms with Gasteiger partial charge in [-0.1, -0.05) is 60.7 Å². The Bertz CT molecular complexity index is 1020. The van der Waals surface area contributed by atoms with Crippen LogP contribution in [0.5, 0.6) is 0 Å². The number of hydrogen-bond donors (Lipinski definition) is 1. The van der Waals surface area contributed by atoms with E-state index in [1.165, 1.54) is 23.5 Å². The molecule has 4 nitrogen and oxygen atoms in total. The average molecular weight is 377 g/mol. The fraction of sp³-hybridized carbons (Fsp3) is 0.0952. The maximum absolute atomic E-state index is 13.1. The zero-order chi connectivity index (χ0) is 19.2. The van der Waals surface area contributed by atoms with Crippen LogP contribution >= 0.6 is 11.3 Å². The molecule has 0 saturated heterocycles. The highest BCUT2D eigenvalue weighted by Crippen LogP contribution is 2.36. The average Bonchev–Trinajstić information content (AvgIpc) is 3.11. The van der Waals surface area contributed by atoms with Gasteiger partial charge in [0.25, 0.3) is 0 Å². The van der Waals surface area contributed by atoms with Crippen molar-refractivity contribution in [3.63, 3.8) is 0 Å². The largest absolute Gasteiger partial charge is 0.316 e. The van der Waals surface area contributed by atoms with E-state index < -0.39 is 0 Å². The van der Waals surface area contributed by atoms with Crippen molar-refractivity contribution >= 4 is 33.9 Å². The molecule has 1 aromatic heterocycles. The fourth-order valence-electron chi connectivity index (χ4n) is 2.39. The molecule has 0 aliphatic carbocycles. The highest BCUT2D eigenvalue weighted by Gasteiger charge is 2.17. The monoisotopic (exact) mass is 377 g/mol. The van der Waals surface area contributed by atoms with Crippen LogP contribution in [0.1, 0.15) is 23.9 Å². The van der Waals surface area contributed by atoms with E-state index in [-0.39, 0.29) is 11.7 Å². The normalized spacial score (nSPS) is 11.1. The van der Waals surface area contributed by atoms with Gasteiger partial charge in [-0.15, -0.1) is 0 Å². The standard InChI is InChI=1S/C21H16FN3OS/c1-2-18(26)24-21-19(15-6-4-3-5-7-15)25-20(27-21)16(13-23)12-14-8-10-17(22)11-9-14/h3-12H,2H2,1H3,(H,24,26). The molecule has 3 aromatic rings. The van der Waals surface area contributed by atoms with Crippen molar-refractivity contribution in [2.24, 2.45) is 0 Å². The van der Waals surface area contributed by atoms with Gasteiger partial charge >= 0.3 is 0 Å². The van der Waals surface area contributed by atoms with Gasteiger partial charge in [-0.05, 0) is 23.8 Å². The van der Waals surface area contributed by atoms with Crippen molar-refractivity contribution in [2.45, 2.75) is 13.3 Å². The molecule has 0 unspecified atom stereocenters. The molecular weight excluding hydrogens is 361 g/mol. The van der Waals surface area contributed by atoms with E-state index in [1.807, 2.05) is 30.3 Å². The van der Waals surface area contributed by atoms with Gasteiger partial charge < -0.3 is 5.32 Å². The molecule has 0 atom stereocenters. The maximum Gasteiger partial charge on any atom is 0.224 e. The molecule has 0 fully saturated rings. The van der Waals surface area contributed by atoms with Gasteiger partial charge in [0.15, 0.2) is 0 Å². The summed E-state index contributed by atoms with van der Waals surface area (Å²) < 4.78 is 13.1. The van der Waals surface area contributed by atoms with Crippen molar-refractivity contribution < 1.29 is 9.18 Å². The number of anilines is 1. The first-order chi connectivity index (χ1) is 13.1. The molecule has 134 valence electrons. The van der Waals surface area contributed by atoms with Crippen LogP contribution in [0.2, 0.25) is 0 Å². The van der Waals surface area contributed by atoms with Crippen molar-refractivity contribution in [3.8, 4) is 17.3 Å². The Hall–Kier alpha value is -3.30. The number of hydrogen-bond acceptors (Lipinski definition) is 4. The van der Waals surface area contributed by atoms with E-state index in [0.29, 0.717) is 33.3 Å². The Labute approximate surface area is 160 Å². The number of carbonyl (C=O) groups excluding carboxylic acids is 1. The first-order valence-corrected chi connectivity index (χ1v) is 9.16. The minimum atomic E-state index is -0.337. The number of rotatable bonds is 5. The third kappa shape index (κ3) is 4.46. The molecule has 1 heterocycles. The zero-order valence-electron chi connectivity index (χ0n) is 14.6. The van der Waals surface area contributed by atoms with Crippen LogP contribution in [0.15, 0.2) is 54.6 Å². The first-order valence-electron chi connectivity index (χ1n) is 8.34. The second-order valence-corrected chi connectivity index (χ2v) is 6.68. The summed E-state index contributed by atoms with van der Waals surface area (Å²) in [6, 6.07) is 17.5. The maximum atomic E-state index is 13.1. The highest BCUT2D eigenvalue weighted by molar-refractivity contribution is 7.17. The molecule has 27 heavy (non-hydrogen) atoms. The van der Waals surface area contributed by atoms with Crippen LogP contribution in [0.4, 0.5) is 9.39 Å². The molecule has 0 saturated carbocycles. The Morgan fingerprint density at radius 3 is 2.56 bits per heavy atom. The predicted molar refractivity (Wildman–Crippen MR) is 106 cm³/mol. The van der Waals surface area contributed by atoms with Crippen molar-refractivity contribution in [3.05, 3.63) is 71.0 Å². The smallest absolute Gasteiger partial charge is 0.224 e. The molecule has 0 bridgehead atoms. The number of aromatic nitrogens is 1. The molecular formula is C21H16FN3OS. The lowest BCUT2D eigenvalue weighted by Crippen LogP contribution is -2.08. The van der Waals surface area contributed by atoms with Crippen LogP contribution < -0.4 is 5.32 Å². The van der Waals surface area contributed by atoms with Gasteiger partial charge in [0.05, 0.1) is 5.57 Å². The van der Waals surface area contributed by atoms with E-state index in [0.717, 1.165) is 5.56 Å². The molecule has 0 spiro atoms. The van der Waals surface area contributed by atoms with Crippen LogP contribution in [0.25, 0.3) is 22.9 Å². The number of carbonyl (C=O) groups is 1. The summed E-state index contributed by atoms with van der Waals surface area (Å²) in [6.45, 7) is 1.77. The van der Waals surface area contributed by atoms with Gasteiger partial charge in [0.1, 0.15) is 27.6 Å². The number of allylic oxidation sites excluding steroid dienone is 1. The highest BCUT2D eigenvalue weighted by atomic mass is 32.1.